The zero-order valence-corrected chi connectivity index (χ0v) is 16.9. The maximum Gasteiger partial charge on any atom is 0.261 e. The van der Waals surface area contributed by atoms with Gasteiger partial charge in [0.15, 0.2) is 0 Å². The fraction of sp³-hybridized carbons (Fsp3) is 0.435. The smallest absolute Gasteiger partial charge is 0.261 e. The lowest BCUT2D eigenvalue weighted by molar-refractivity contribution is -0.112. The second-order valence-electron chi connectivity index (χ2n) is 9.09. The zero-order valence-electron chi connectivity index (χ0n) is 15.9. The molecule has 3 heteroatoms. The van der Waals surface area contributed by atoms with Gasteiger partial charge in [0.1, 0.15) is 6.29 Å². The average Bonchev–Trinajstić information content (AvgIpc) is 3.21. The maximum absolute atomic E-state index is 11.6. The molecule has 4 rings (SSSR count). The predicted molar refractivity (Wildman–Crippen MR) is 108 cm³/mol. The van der Waals surface area contributed by atoms with Crippen LogP contribution in [0, 0.1) is 11.3 Å². The van der Waals surface area contributed by atoms with E-state index in [1.54, 1.807) is 0 Å². The second-order valence-corrected chi connectivity index (χ2v) is 13.3. The molecule has 0 saturated heterocycles. The highest BCUT2D eigenvalue weighted by Crippen LogP contribution is 2.63. The van der Waals surface area contributed by atoms with Gasteiger partial charge in [0.25, 0.3) is 8.32 Å². The van der Waals surface area contributed by atoms with E-state index in [0.29, 0.717) is 5.92 Å². The van der Waals surface area contributed by atoms with E-state index in [0.717, 1.165) is 19.3 Å². The zero-order chi connectivity index (χ0) is 18.4. The van der Waals surface area contributed by atoms with Crippen molar-refractivity contribution in [3.05, 3.63) is 60.7 Å². The molecule has 3 atom stereocenters. The van der Waals surface area contributed by atoms with Gasteiger partial charge in [-0.2, -0.15) is 0 Å². The first-order valence-corrected chi connectivity index (χ1v) is 11.6. The summed E-state index contributed by atoms with van der Waals surface area (Å²) in [6, 6.07) is 21.5. The van der Waals surface area contributed by atoms with Crippen molar-refractivity contribution in [1.82, 2.24) is 0 Å². The largest absolute Gasteiger partial charge is 0.404 e. The first-order chi connectivity index (χ1) is 12.4. The summed E-state index contributed by atoms with van der Waals surface area (Å²) in [6.07, 6.45) is 4.38. The van der Waals surface area contributed by atoms with Gasteiger partial charge in [0.05, 0.1) is 0 Å². The fourth-order valence-electron chi connectivity index (χ4n) is 5.02. The van der Waals surface area contributed by atoms with Crippen LogP contribution in [0.4, 0.5) is 0 Å². The molecular formula is C23H28O2Si. The van der Waals surface area contributed by atoms with Gasteiger partial charge in [-0.25, -0.2) is 0 Å². The summed E-state index contributed by atoms with van der Waals surface area (Å²) >= 11 is 0. The van der Waals surface area contributed by atoms with E-state index in [4.69, 9.17) is 4.43 Å². The molecule has 2 aliphatic rings. The average molecular weight is 365 g/mol. The third-order valence-corrected chi connectivity index (χ3v) is 11.5. The van der Waals surface area contributed by atoms with E-state index in [1.165, 1.54) is 16.7 Å². The molecule has 2 fully saturated rings. The van der Waals surface area contributed by atoms with Crippen LogP contribution in [0.25, 0.3) is 0 Å². The third kappa shape index (κ3) is 2.69. The second kappa shape index (κ2) is 6.17. The van der Waals surface area contributed by atoms with E-state index < -0.39 is 8.32 Å². The molecule has 2 nitrogen and oxygen atoms in total. The molecule has 2 aromatic carbocycles. The molecule has 136 valence electrons. The van der Waals surface area contributed by atoms with Crippen molar-refractivity contribution in [1.29, 1.82) is 0 Å². The molecule has 0 aliphatic heterocycles. The summed E-state index contributed by atoms with van der Waals surface area (Å²) in [5.41, 5.74) is -0.0733. The summed E-state index contributed by atoms with van der Waals surface area (Å²) in [5, 5.41) is 2.63. The lowest BCUT2D eigenvalue weighted by Gasteiger charge is -2.45. The highest BCUT2D eigenvalue weighted by molar-refractivity contribution is 6.99. The van der Waals surface area contributed by atoms with Gasteiger partial charge >= 0.3 is 0 Å². The third-order valence-electron chi connectivity index (χ3n) is 6.43. The minimum atomic E-state index is -2.48. The highest BCUT2D eigenvalue weighted by Gasteiger charge is 2.62. The summed E-state index contributed by atoms with van der Waals surface area (Å²) in [4.78, 5) is 11.6. The molecule has 2 saturated carbocycles. The Morgan fingerprint density at radius 2 is 1.50 bits per heavy atom. The minimum Gasteiger partial charge on any atom is -0.404 e. The van der Waals surface area contributed by atoms with Crippen molar-refractivity contribution in [3.63, 3.8) is 0 Å². The van der Waals surface area contributed by atoms with Crippen LogP contribution < -0.4 is 10.4 Å². The van der Waals surface area contributed by atoms with Gasteiger partial charge in [0, 0.05) is 11.5 Å². The van der Waals surface area contributed by atoms with Gasteiger partial charge in [-0.1, -0.05) is 81.4 Å². The normalized spacial score (nSPS) is 27.8. The first kappa shape index (κ1) is 17.7. The lowest BCUT2D eigenvalue weighted by Crippen LogP contribution is -2.67. The van der Waals surface area contributed by atoms with Crippen molar-refractivity contribution in [2.45, 2.75) is 51.2 Å². The molecule has 0 N–H and O–H groups in total. The number of carbonyl (C=O) groups excluding carboxylic acids is 1. The fourth-order valence-corrected chi connectivity index (χ4v) is 9.71. The SMILES string of the molecule is CC(C)(C)[Si](O[C@H]1C[C@@H]2C[C@]2(C=O)C1)(c1ccccc1)c1ccccc1. The van der Waals surface area contributed by atoms with Crippen LogP contribution in [0.1, 0.15) is 40.0 Å². The van der Waals surface area contributed by atoms with E-state index >= 15 is 0 Å². The standard InChI is InChI=1S/C23H28O2Si/c1-22(2,3)26(20-10-6-4-7-11-20,21-12-8-5-9-13-21)25-19-14-18-15-23(18,16-19)17-24/h4-13,17-19H,14-16H2,1-3H3/t18-,19+,23-/m1/s1. The Hall–Kier alpha value is -1.71. The summed E-state index contributed by atoms with van der Waals surface area (Å²) in [7, 11) is -2.48. The number of hydrogen-bond donors (Lipinski definition) is 0. The van der Waals surface area contributed by atoms with Gasteiger partial charge in [0.2, 0.25) is 0 Å². The lowest BCUT2D eigenvalue weighted by atomic mass is 10.1. The molecule has 0 amide bonds. The monoisotopic (exact) mass is 364 g/mol. The summed E-state index contributed by atoms with van der Waals surface area (Å²) in [5.74, 6) is 0.545. The molecule has 0 heterocycles. The molecule has 0 radical (unpaired) electrons. The molecular weight excluding hydrogens is 336 g/mol. The number of rotatable bonds is 5. The van der Waals surface area contributed by atoms with Gasteiger partial charge in [-0.3, -0.25) is 0 Å². The Morgan fingerprint density at radius 1 is 0.962 bits per heavy atom. The number of aldehydes is 1. The molecule has 0 spiro atoms. The number of carbonyl (C=O) groups is 1. The Kier molecular flexibility index (Phi) is 4.20. The maximum atomic E-state index is 11.6. The molecule has 0 unspecified atom stereocenters. The Balaban J connectivity index is 1.80. The Morgan fingerprint density at radius 3 is 1.92 bits per heavy atom. The topological polar surface area (TPSA) is 26.3 Å². The summed E-state index contributed by atoms with van der Waals surface area (Å²) in [6.45, 7) is 6.93. The van der Waals surface area contributed by atoms with Crippen LogP contribution in [-0.2, 0) is 9.22 Å². The van der Waals surface area contributed by atoms with Gasteiger partial charge < -0.3 is 9.22 Å². The summed E-state index contributed by atoms with van der Waals surface area (Å²) < 4.78 is 7.14. The van der Waals surface area contributed by atoms with Gasteiger partial charge in [-0.15, -0.1) is 0 Å². The molecule has 2 aliphatic carbocycles. The van der Waals surface area contributed by atoms with E-state index in [1.807, 2.05) is 0 Å². The van der Waals surface area contributed by atoms with Crippen LogP contribution in [0.15, 0.2) is 60.7 Å². The molecule has 0 bridgehead atoms. The number of benzene rings is 2. The first-order valence-electron chi connectivity index (χ1n) is 9.66. The van der Waals surface area contributed by atoms with Crippen molar-refractivity contribution >= 4 is 25.0 Å². The Labute approximate surface area is 157 Å². The van der Waals surface area contributed by atoms with Crippen LogP contribution in [0.2, 0.25) is 5.04 Å². The highest BCUT2D eigenvalue weighted by atomic mass is 28.4. The van der Waals surface area contributed by atoms with Crippen molar-refractivity contribution in [3.8, 4) is 0 Å². The van der Waals surface area contributed by atoms with Crippen LogP contribution in [0.3, 0.4) is 0 Å². The quantitative estimate of drug-likeness (QED) is 0.593. The van der Waals surface area contributed by atoms with Crippen LogP contribution in [0.5, 0.6) is 0 Å². The van der Waals surface area contributed by atoms with Crippen LogP contribution >= 0.6 is 0 Å². The minimum absolute atomic E-state index is 0.00315. The van der Waals surface area contributed by atoms with E-state index in [-0.39, 0.29) is 16.6 Å². The Bertz CT molecular complexity index is 741. The molecule has 2 aromatic rings. The van der Waals surface area contributed by atoms with Crippen molar-refractivity contribution in [2.75, 3.05) is 0 Å². The van der Waals surface area contributed by atoms with E-state index in [2.05, 4.69) is 81.4 Å². The number of fused-ring (bicyclic) bond motifs is 1. The van der Waals surface area contributed by atoms with Crippen molar-refractivity contribution < 1.29 is 9.22 Å². The van der Waals surface area contributed by atoms with Crippen molar-refractivity contribution in [2.24, 2.45) is 11.3 Å². The van der Waals surface area contributed by atoms with Crippen LogP contribution in [-0.4, -0.2) is 20.7 Å². The predicted octanol–water partition coefficient (Wildman–Crippen LogP) is 3.93. The van der Waals surface area contributed by atoms with E-state index in [9.17, 15) is 4.79 Å². The van der Waals surface area contributed by atoms with Gasteiger partial charge in [-0.05, 0) is 40.6 Å². The molecule has 0 aromatic heterocycles. The number of hydrogen-bond acceptors (Lipinski definition) is 2. The molecule has 26 heavy (non-hydrogen) atoms.